The Hall–Kier alpha value is -1.01. The number of nitrogens with one attached hydrogen (secondary N) is 1. The molecule has 5 nitrogen and oxygen atoms in total. The van der Waals surface area contributed by atoms with Crippen LogP contribution in [0.25, 0.3) is 0 Å². The van der Waals surface area contributed by atoms with E-state index in [-0.39, 0.29) is 12.5 Å². The second-order valence-electron chi connectivity index (χ2n) is 5.16. The third kappa shape index (κ3) is 4.54. The fourth-order valence-corrected chi connectivity index (χ4v) is 2.67. The lowest BCUT2D eigenvalue weighted by Crippen LogP contribution is -2.43. The van der Waals surface area contributed by atoms with Gasteiger partial charge in [0.1, 0.15) is 0 Å². The van der Waals surface area contributed by atoms with Crippen molar-refractivity contribution in [2.45, 2.75) is 32.8 Å². The number of carbonyl (C=O) groups is 1. The second-order valence-corrected chi connectivity index (χ2v) is 6.02. The molecule has 1 aromatic heterocycles. The van der Waals surface area contributed by atoms with Crippen LogP contribution in [0.15, 0.2) is 0 Å². The van der Waals surface area contributed by atoms with Crippen LogP contribution in [0.2, 0.25) is 0 Å². The van der Waals surface area contributed by atoms with Crippen molar-refractivity contribution in [2.24, 2.45) is 7.05 Å². The number of hydrogen-bond acceptors (Lipinski definition) is 4. The molecular formula is C13H23N3O2S. The average Bonchev–Trinajstić information content (AvgIpc) is 2.54. The van der Waals surface area contributed by atoms with E-state index in [0.29, 0.717) is 12.2 Å². The first-order chi connectivity index (χ1) is 8.76. The molecule has 1 heterocycles. The highest BCUT2D eigenvalue weighted by Gasteiger charge is 2.21. The van der Waals surface area contributed by atoms with Gasteiger partial charge in [0, 0.05) is 30.6 Å². The van der Waals surface area contributed by atoms with Gasteiger partial charge in [-0.3, -0.25) is 9.48 Å². The summed E-state index contributed by atoms with van der Waals surface area (Å²) in [6.45, 7) is 5.85. The fraction of sp³-hybridized carbons (Fsp3) is 0.692. The molecule has 1 amide bonds. The minimum atomic E-state index is -0.867. The molecule has 108 valence electrons. The van der Waals surface area contributed by atoms with Crippen LogP contribution in [0.4, 0.5) is 0 Å². The first-order valence-electron chi connectivity index (χ1n) is 6.24. The molecule has 0 aliphatic rings. The van der Waals surface area contributed by atoms with E-state index < -0.39 is 5.60 Å². The Labute approximate surface area is 118 Å². The van der Waals surface area contributed by atoms with Crippen molar-refractivity contribution >= 4 is 17.7 Å². The third-order valence-electron chi connectivity index (χ3n) is 3.12. The third-order valence-corrected chi connectivity index (χ3v) is 4.03. The molecule has 0 radical (unpaired) electrons. The monoisotopic (exact) mass is 285 g/mol. The van der Waals surface area contributed by atoms with Crippen LogP contribution in [-0.4, -0.2) is 44.9 Å². The summed E-state index contributed by atoms with van der Waals surface area (Å²) in [4.78, 5) is 11.9. The molecule has 1 rings (SSSR count). The zero-order valence-corrected chi connectivity index (χ0v) is 13.1. The molecule has 0 aliphatic carbocycles. The lowest BCUT2D eigenvalue weighted by Gasteiger charge is -2.22. The van der Waals surface area contributed by atoms with Gasteiger partial charge in [0.25, 0.3) is 0 Å². The zero-order valence-electron chi connectivity index (χ0n) is 12.3. The van der Waals surface area contributed by atoms with Gasteiger partial charge in [-0.05, 0) is 27.0 Å². The molecule has 1 aromatic rings. The van der Waals surface area contributed by atoms with E-state index in [2.05, 4.69) is 10.4 Å². The molecule has 2 N–H and O–H groups in total. The van der Waals surface area contributed by atoms with E-state index in [9.17, 15) is 9.90 Å². The smallest absolute Gasteiger partial charge is 0.224 e. The molecule has 1 unspecified atom stereocenters. The van der Waals surface area contributed by atoms with Crippen LogP contribution < -0.4 is 5.32 Å². The van der Waals surface area contributed by atoms with Crippen LogP contribution in [-0.2, 0) is 18.3 Å². The van der Waals surface area contributed by atoms with E-state index in [1.807, 2.05) is 27.2 Å². The SMILES string of the molecule is CSCC(C)(O)CNC(=O)Cc1c(C)nn(C)c1C. The molecule has 0 aliphatic heterocycles. The van der Waals surface area contributed by atoms with Crippen molar-refractivity contribution in [1.29, 1.82) is 0 Å². The molecule has 0 saturated carbocycles. The predicted molar refractivity (Wildman–Crippen MR) is 78.4 cm³/mol. The average molecular weight is 285 g/mol. The molecule has 0 fully saturated rings. The van der Waals surface area contributed by atoms with Crippen molar-refractivity contribution in [3.05, 3.63) is 17.0 Å². The molecule has 0 bridgehead atoms. The summed E-state index contributed by atoms with van der Waals surface area (Å²) >= 11 is 1.56. The quantitative estimate of drug-likeness (QED) is 0.812. The summed E-state index contributed by atoms with van der Waals surface area (Å²) in [5.41, 5.74) is 1.98. The number of nitrogens with zero attached hydrogens (tertiary/aromatic N) is 2. The number of hydrogen-bond donors (Lipinski definition) is 2. The van der Waals surface area contributed by atoms with Gasteiger partial charge in [0.2, 0.25) is 5.91 Å². The van der Waals surface area contributed by atoms with Crippen molar-refractivity contribution in [2.75, 3.05) is 18.6 Å². The normalized spacial score (nSPS) is 14.2. The summed E-state index contributed by atoms with van der Waals surface area (Å²) < 4.78 is 1.78. The Morgan fingerprint density at radius 1 is 1.53 bits per heavy atom. The molecule has 0 saturated heterocycles. The lowest BCUT2D eigenvalue weighted by molar-refractivity contribution is -0.121. The first-order valence-corrected chi connectivity index (χ1v) is 7.63. The Bertz CT molecular complexity index is 455. The van der Waals surface area contributed by atoms with Gasteiger partial charge in [0.15, 0.2) is 0 Å². The highest BCUT2D eigenvalue weighted by Crippen LogP contribution is 2.13. The summed E-state index contributed by atoms with van der Waals surface area (Å²) in [6.07, 6.45) is 2.24. The number of amides is 1. The fourth-order valence-electron chi connectivity index (χ4n) is 1.95. The number of thioether (sulfide) groups is 1. The second kappa shape index (κ2) is 6.43. The topological polar surface area (TPSA) is 67.2 Å². The Morgan fingerprint density at radius 3 is 2.63 bits per heavy atom. The number of carbonyl (C=O) groups excluding carboxylic acids is 1. The van der Waals surface area contributed by atoms with E-state index >= 15 is 0 Å². The largest absolute Gasteiger partial charge is 0.387 e. The molecule has 0 spiro atoms. The zero-order chi connectivity index (χ0) is 14.6. The van der Waals surface area contributed by atoms with Gasteiger partial charge >= 0.3 is 0 Å². The number of rotatable bonds is 6. The lowest BCUT2D eigenvalue weighted by atomic mass is 10.1. The maximum absolute atomic E-state index is 11.9. The van der Waals surface area contributed by atoms with Crippen LogP contribution in [0.3, 0.4) is 0 Å². The van der Waals surface area contributed by atoms with Gasteiger partial charge in [-0.25, -0.2) is 0 Å². The van der Waals surface area contributed by atoms with E-state index in [0.717, 1.165) is 17.0 Å². The van der Waals surface area contributed by atoms with Crippen LogP contribution >= 0.6 is 11.8 Å². The maximum atomic E-state index is 11.9. The summed E-state index contributed by atoms with van der Waals surface area (Å²) in [6, 6.07) is 0. The Kier molecular flexibility index (Phi) is 5.43. The highest BCUT2D eigenvalue weighted by molar-refractivity contribution is 7.98. The van der Waals surface area contributed by atoms with Crippen LogP contribution in [0, 0.1) is 13.8 Å². The van der Waals surface area contributed by atoms with Gasteiger partial charge in [-0.1, -0.05) is 0 Å². The summed E-state index contributed by atoms with van der Waals surface area (Å²) in [7, 11) is 1.87. The van der Waals surface area contributed by atoms with E-state index in [4.69, 9.17) is 0 Å². The van der Waals surface area contributed by atoms with Crippen LogP contribution in [0.5, 0.6) is 0 Å². The molecule has 6 heteroatoms. The standard InChI is InChI=1S/C13H23N3O2S/c1-9-11(10(2)16(4)15-9)6-12(17)14-7-13(3,18)8-19-5/h18H,6-8H2,1-5H3,(H,14,17). The maximum Gasteiger partial charge on any atom is 0.224 e. The van der Waals surface area contributed by atoms with Crippen molar-refractivity contribution in [3.63, 3.8) is 0 Å². The predicted octanol–water partition coefficient (Wildman–Crippen LogP) is 0.810. The number of aromatic nitrogens is 2. The number of aliphatic hydroxyl groups is 1. The number of aryl methyl sites for hydroxylation is 2. The molecule has 0 aromatic carbocycles. The first kappa shape index (κ1) is 16.0. The van der Waals surface area contributed by atoms with Crippen LogP contribution in [0.1, 0.15) is 23.9 Å². The summed E-state index contributed by atoms with van der Waals surface area (Å²) in [5, 5.41) is 17.1. The Balaban J connectivity index is 2.57. The van der Waals surface area contributed by atoms with Crippen molar-refractivity contribution in [1.82, 2.24) is 15.1 Å². The van der Waals surface area contributed by atoms with E-state index in [1.165, 1.54) is 0 Å². The molecular weight excluding hydrogens is 262 g/mol. The summed E-state index contributed by atoms with van der Waals surface area (Å²) in [5.74, 6) is 0.513. The minimum Gasteiger partial charge on any atom is -0.387 e. The molecule has 19 heavy (non-hydrogen) atoms. The van der Waals surface area contributed by atoms with Gasteiger partial charge < -0.3 is 10.4 Å². The van der Waals surface area contributed by atoms with Gasteiger partial charge in [0.05, 0.1) is 17.7 Å². The highest BCUT2D eigenvalue weighted by atomic mass is 32.2. The van der Waals surface area contributed by atoms with Gasteiger partial charge in [-0.15, -0.1) is 0 Å². The Morgan fingerprint density at radius 2 is 2.16 bits per heavy atom. The minimum absolute atomic E-state index is 0.0828. The molecule has 1 atom stereocenters. The van der Waals surface area contributed by atoms with E-state index in [1.54, 1.807) is 23.4 Å². The van der Waals surface area contributed by atoms with Gasteiger partial charge in [-0.2, -0.15) is 16.9 Å². The van der Waals surface area contributed by atoms with Crippen molar-refractivity contribution in [3.8, 4) is 0 Å². The van der Waals surface area contributed by atoms with Crippen molar-refractivity contribution < 1.29 is 9.90 Å².